The number of hydrogen-bond donors (Lipinski definition) is 1. The lowest BCUT2D eigenvalue weighted by Gasteiger charge is -2.55. The fraction of sp³-hybridized carbons (Fsp3) is 0.857. The number of rotatable bonds is 5. The fourth-order valence-electron chi connectivity index (χ4n) is 8.02. The minimum absolute atomic E-state index is 0.108. The van der Waals surface area contributed by atoms with Crippen LogP contribution in [0, 0.1) is 46.3 Å². The topological polar surface area (TPSA) is 20.2 Å². The number of aliphatic hydroxyl groups is 1. The molecule has 1 heteroatoms. The zero-order valence-electron chi connectivity index (χ0n) is 20.0. The third kappa shape index (κ3) is 3.58. The highest BCUT2D eigenvalue weighted by atomic mass is 16.3. The van der Waals surface area contributed by atoms with Crippen LogP contribution in [0.25, 0.3) is 0 Å². The van der Waals surface area contributed by atoms with Gasteiger partial charge in [-0.05, 0) is 91.3 Å². The van der Waals surface area contributed by atoms with E-state index in [1.807, 2.05) is 0 Å². The SMILES string of the molecule is CC(C)[C@H](C)CC[C@@H](C)[C@@H]1CC[C@@H]2C3=CC=C4C[C@H](O)CC[C@]4(C)[C@@H]3CC[C@]21C. The standard InChI is InChI=1S/C28H46O/c1-18(2)19(3)7-8-20(4)24-11-12-25-23-10-9-21-17-22(29)13-15-27(21,5)26(23)14-16-28(24,25)6/h9-10,18-20,22,24-26,29H,7-8,11-17H2,1-6H3/t19-,20-,22-,24+,25-,26-,27+,28+/m1/s1. The molecule has 1 N–H and O–H groups in total. The molecule has 1 nitrogen and oxygen atoms in total. The van der Waals surface area contributed by atoms with E-state index in [0.717, 1.165) is 48.3 Å². The molecule has 0 radical (unpaired) electrons. The molecule has 0 bridgehead atoms. The van der Waals surface area contributed by atoms with E-state index in [4.69, 9.17) is 0 Å². The van der Waals surface area contributed by atoms with Crippen LogP contribution in [0.5, 0.6) is 0 Å². The molecule has 29 heavy (non-hydrogen) atoms. The number of allylic oxidation sites excluding steroid dienone is 3. The zero-order chi connectivity index (χ0) is 21.0. The summed E-state index contributed by atoms with van der Waals surface area (Å²) >= 11 is 0. The normalized spacial score (nSPS) is 43.7. The first-order valence-corrected chi connectivity index (χ1v) is 12.8. The second kappa shape index (κ2) is 7.85. The predicted molar refractivity (Wildman–Crippen MR) is 124 cm³/mol. The van der Waals surface area contributed by atoms with E-state index < -0.39 is 0 Å². The summed E-state index contributed by atoms with van der Waals surface area (Å²) in [4.78, 5) is 0. The van der Waals surface area contributed by atoms with Crippen molar-refractivity contribution in [3.63, 3.8) is 0 Å². The number of aliphatic hydroxyl groups excluding tert-OH is 1. The van der Waals surface area contributed by atoms with Gasteiger partial charge in [-0.1, -0.05) is 77.7 Å². The van der Waals surface area contributed by atoms with Crippen molar-refractivity contribution in [1.82, 2.24) is 0 Å². The van der Waals surface area contributed by atoms with Gasteiger partial charge in [-0.25, -0.2) is 0 Å². The van der Waals surface area contributed by atoms with Crippen LogP contribution in [0.15, 0.2) is 23.3 Å². The van der Waals surface area contributed by atoms with Crippen molar-refractivity contribution in [3.05, 3.63) is 23.3 Å². The quantitative estimate of drug-likeness (QED) is 0.506. The van der Waals surface area contributed by atoms with Gasteiger partial charge in [0.25, 0.3) is 0 Å². The van der Waals surface area contributed by atoms with Crippen LogP contribution >= 0.6 is 0 Å². The minimum atomic E-state index is -0.108. The van der Waals surface area contributed by atoms with E-state index in [9.17, 15) is 5.11 Å². The Labute approximate surface area is 180 Å². The van der Waals surface area contributed by atoms with E-state index in [2.05, 4.69) is 53.7 Å². The first kappa shape index (κ1) is 21.7. The molecule has 4 aliphatic rings. The molecule has 0 amide bonds. The molecule has 0 aromatic heterocycles. The predicted octanol–water partition coefficient (Wildman–Crippen LogP) is 7.55. The third-order valence-corrected chi connectivity index (χ3v) is 10.5. The van der Waals surface area contributed by atoms with Gasteiger partial charge in [0.2, 0.25) is 0 Å². The molecule has 0 spiro atoms. The van der Waals surface area contributed by atoms with E-state index in [-0.39, 0.29) is 6.10 Å². The average molecular weight is 399 g/mol. The van der Waals surface area contributed by atoms with Crippen molar-refractivity contribution in [2.75, 3.05) is 0 Å². The van der Waals surface area contributed by atoms with Crippen LogP contribution < -0.4 is 0 Å². The lowest BCUT2D eigenvalue weighted by atomic mass is 9.50. The zero-order valence-corrected chi connectivity index (χ0v) is 20.0. The Bertz CT molecular complexity index is 672. The second-order valence-electron chi connectivity index (χ2n) is 12.3. The summed E-state index contributed by atoms with van der Waals surface area (Å²) in [5.74, 6) is 4.97. The fourth-order valence-corrected chi connectivity index (χ4v) is 8.02. The molecule has 0 aromatic rings. The van der Waals surface area contributed by atoms with Crippen LogP contribution in [-0.2, 0) is 0 Å². The van der Waals surface area contributed by atoms with Crippen molar-refractivity contribution in [2.45, 2.75) is 105 Å². The highest BCUT2D eigenvalue weighted by Gasteiger charge is 2.56. The first-order valence-electron chi connectivity index (χ1n) is 12.8. The van der Waals surface area contributed by atoms with Crippen molar-refractivity contribution in [1.29, 1.82) is 0 Å². The molecule has 4 rings (SSSR count). The maximum Gasteiger partial charge on any atom is 0.0578 e. The van der Waals surface area contributed by atoms with Gasteiger partial charge in [-0.3, -0.25) is 0 Å². The molecular formula is C28H46O. The molecule has 0 aromatic carbocycles. The summed E-state index contributed by atoms with van der Waals surface area (Å²) in [6, 6.07) is 0. The van der Waals surface area contributed by atoms with Gasteiger partial charge < -0.3 is 5.11 Å². The van der Waals surface area contributed by atoms with Gasteiger partial charge in [-0.15, -0.1) is 0 Å². The smallest absolute Gasteiger partial charge is 0.0578 e. The van der Waals surface area contributed by atoms with Gasteiger partial charge in [0.15, 0.2) is 0 Å². The van der Waals surface area contributed by atoms with Gasteiger partial charge in [-0.2, -0.15) is 0 Å². The van der Waals surface area contributed by atoms with Crippen LogP contribution in [0.3, 0.4) is 0 Å². The Kier molecular flexibility index (Phi) is 5.86. The Morgan fingerprint density at radius 1 is 0.931 bits per heavy atom. The monoisotopic (exact) mass is 398 g/mol. The van der Waals surface area contributed by atoms with Crippen molar-refractivity contribution >= 4 is 0 Å². The molecule has 0 unspecified atom stereocenters. The number of hydrogen-bond acceptors (Lipinski definition) is 1. The largest absolute Gasteiger partial charge is 0.393 e. The van der Waals surface area contributed by atoms with Gasteiger partial charge in [0, 0.05) is 0 Å². The number of fused-ring (bicyclic) bond motifs is 5. The van der Waals surface area contributed by atoms with Crippen molar-refractivity contribution < 1.29 is 5.11 Å². The van der Waals surface area contributed by atoms with E-state index in [1.54, 1.807) is 11.1 Å². The molecule has 3 saturated carbocycles. The summed E-state index contributed by atoms with van der Waals surface area (Å²) in [6.45, 7) is 14.9. The van der Waals surface area contributed by atoms with Crippen LogP contribution in [0.4, 0.5) is 0 Å². The van der Waals surface area contributed by atoms with Crippen LogP contribution in [0.1, 0.15) is 99.3 Å². The molecular weight excluding hydrogens is 352 g/mol. The highest BCUT2D eigenvalue weighted by Crippen LogP contribution is 2.66. The van der Waals surface area contributed by atoms with E-state index in [0.29, 0.717) is 10.8 Å². The summed E-state index contributed by atoms with van der Waals surface area (Å²) < 4.78 is 0. The molecule has 8 atom stereocenters. The molecule has 0 heterocycles. The molecule has 164 valence electrons. The summed E-state index contributed by atoms with van der Waals surface area (Å²) in [5, 5.41) is 10.2. The van der Waals surface area contributed by atoms with Gasteiger partial charge in [0.05, 0.1) is 6.10 Å². The molecule has 4 aliphatic carbocycles. The molecule has 0 aliphatic heterocycles. The highest BCUT2D eigenvalue weighted by molar-refractivity contribution is 5.38. The second-order valence-corrected chi connectivity index (χ2v) is 12.3. The Morgan fingerprint density at radius 2 is 1.69 bits per heavy atom. The average Bonchev–Trinajstić information content (AvgIpc) is 3.03. The van der Waals surface area contributed by atoms with Crippen molar-refractivity contribution in [2.24, 2.45) is 46.3 Å². The van der Waals surface area contributed by atoms with Crippen LogP contribution in [-0.4, -0.2) is 11.2 Å². The Hall–Kier alpha value is -0.560. The third-order valence-electron chi connectivity index (χ3n) is 10.5. The first-order chi connectivity index (χ1) is 13.7. The summed E-state index contributed by atoms with van der Waals surface area (Å²) in [6.07, 6.45) is 16.4. The maximum atomic E-state index is 10.2. The van der Waals surface area contributed by atoms with Gasteiger partial charge >= 0.3 is 0 Å². The van der Waals surface area contributed by atoms with Crippen molar-refractivity contribution in [3.8, 4) is 0 Å². The van der Waals surface area contributed by atoms with Gasteiger partial charge in [0.1, 0.15) is 0 Å². The summed E-state index contributed by atoms with van der Waals surface area (Å²) in [7, 11) is 0. The Balaban J connectivity index is 1.52. The van der Waals surface area contributed by atoms with E-state index in [1.165, 1.54) is 44.9 Å². The Morgan fingerprint density at radius 3 is 2.41 bits per heavy atom. The van der Waals surface area contributed by atoms with Crippen LogP contribution in [0.2, 0.25) is 0 Å². The lowest BCUT2D eigenvalue weighted by molar-refractivity contribution is 0.0317. The summed E-state index contributed by atoms with van der Waals surface area (Å²) in [5.41, 5.74) is 4.17. The molecule has 3 fully saturated rings. The molecule has 0 saturated heterocycles. The lowest BCUT2D eigenvalue weighted by Crippen LogP contribution is -2.46. The van der Waals surface area contributed by atoms with E-state index >= 15 is 0 Å². The minimum Gasteiger partial charge on any atom is -0.393 e. The maximum absolute atomic E-state index is 10.2.